The molecule has 0 spiro atoms. The highest BCUT2D eigenvalue weighted by molar-refractivity contribution is 5.94. The number of nitrogens with one attached hydrogen (secondary N) is 2. The van der Waals surface area contributed by atoms with Gasteiger partial charge in [-0.15, -0.1) is 0 Å². The molecule has 0 bridgehead atoms. The van der Waals surface area contributed by atoms with Gasteiger partial charge in [0.15, 0.2) is 0 Å². The predicted molar refractivity (Wildman–Crippen MR) is 69.0 cm³/mol. The van der Waals surface area contributed by atoms with E-state index in [2.05, 4.69) is 17.6 Å². The molecule has 1 saturated heterocycles. The Morgan fingerprint density at radius 3 is 2.94 bits per heavy atom. The molecule has 1 aromatic rings. The monoisotopic (exact) mass is 250 g/mol. The van der Waals surface area contributed by atoms with Gasteiger partial charge in [-0.05, 0) is 49.6 Å². The average Bonchev–Trinajstić information content (AvgIpc) is 2.35. The molecule has 3 nitrogen and oxygen atoms in total. The molecular weight excluding hydrogens is 231 g/mol. The minimum Gasteiger partial charge on any atom is -0.348 e. The Morgan fingerprint density at radius 2 is 2.28 bits per heavy atom. The van der Waals surface area contributed by atoms with E-state index in [-0.39, 0.29) is 17.8 Å². The lowest BCUT2D eigenvalue weighted by molar-refractivity contribution is 0.0915. The number of rotatable bonds is 2. The van der Waals surface area contributed by atoms with Crippen molar-refractivity contribution in [3.05, 3.63) is 35.1 Å². The number of amides is 1. The van der Waals surface area contributed by atoms with Crippen LogP contribution in [0, 0.1) is 18.7 Å². The van der Waals surface area contributed by atoms with Crippen LogP contribution in [0.4, 0.5) is 4.39 Å². The van der Waals surface area contributed by atoms with Crippen molar-refractivity contribution < 1.29 is 9.18 Å². The lowest BCUT2D eigenvalue weighted by Crippen LogP contribution is -2.50. The van der Waals surface area contributed by atoms with Gasteiger partial charge in [0.05, 0.1) is 0 Å². The Hall–Kier alpha value is -1.42. The molecule has 1 amide bonds. The smallest absolute Gasteiger partial charge is 0.251 e. The second kappa shape index (κ2) is 5.48. The fourth-order valence-electron chi connectivity index (χ4n) is 2.22. The van der Waals surface area contributed by atoms with Crippen LogP contribution >= 0.6 is 0 Å². The molecular formula is C14H19FN2O. The van der Waals surface area contributed by atoms with Crippen LogP contribution in [0.3, 0.4) is 0 Å². The quantitative estimate of drug-likeness (QED) is 0.841. The molecule has 2 rings (SSSR count). The van der Waals surface area contributed by atoms with Crippen molar-refractivity contribution in [3.63, 3.8) is 0 Å². The van der Waals surface area contributed by atoms with Crippen LogP contribution < -0.4 is 10.6 Å². The van der Waals surface area contributed by atoms with E-state index < -0.39 is 0 Å². The number of piperidine rings is 1. The first-order valence-electron chi connectivity index (χ1n) is 6.35. The molecule has 1 fully saturated rings. The minimum absolute atomic E-state index is 0.126. The van der Waals surface area contributed by atoms with Crippen LogP contribution in [0.5, 0.6) is 0 Å². The van der Waals surface area contributed by atoms with Gasteiger partial charge in [0.25, 0.3) is 5.91 Å². The van der Waals surface area contributed by atoms with Gasteiger partial charge in [-0.3, -0.25) is 4.79 Å². The Morgan fingerprint density at radius 1 is 1.50 bits per heavy atom. The molecule has 1 aliphatic heterocycles. The zero-order valence-corrected chi connectivity index (χ0v) is 10.8. The Labute approximate surface area is 107 Å². The molecule has 0 aromatic heterocycles. The third-order valence-electron chi connectivity index (χ3n) is 3.56. The van der Waals surface area contributed by atoms with Crippen LogP contribution in [0.1, 0.15) is 29.3 Å². The molecule has 0 aliphatic carbocycles. The van der Waals surface area contributed by atoms with E-state index in [0.717, 1.165) is 19.5 Å². The average molecular weight is 250 g/mol. The first-order valence-corrected chi connectivity index (χ1v) is 6.35. The van der Waals surface area contributed by atoms with Gasteiger partial charge in [0, 0.05) is 18.2 Å². The zero-order chi connectivity index (χ0) is 13.1. The molecule has 1 heterocycles. The van der Waals surface area contributed by atoms with E-state index >= 15 is 0 Å². The SMILES string of the molecule is Cc1cc(C(=O)N[C@@H]2CNCC[C@@H]2C)ccc1F. The molecule has 1 aromatic carbocycles. The van der Waals surface area contributed by atoms with Gasteiger partial charge in [0.1, 0.15) is 5.82 Å². The minimum atomic E-state index is -0.278. The molecule has 2 atom stereocenters. The lowest BCUT2D eigenvalue weighted by Gasteiger charge is -2.30. The summed E-state index contributed by atoms with van der Waals surface area (Å²) in [7, 11) is 0. The van der Waals surface area contributed by atoms with Crippen molar-refractivity contribution in [2.45, 2.75) is 26.3 Å². The summed E-state index contributed by atoms with van der Waals surface area (Å²) < 4.78 is 13.1. The first kappa shape index (κ1) is 13.0. The number of hydrogen-bond acceptors (Lipinski definition) is 2. The van der Waals surface area contributed by atoms with Gasteiger partial charge in [-0.2, -0.15) is 0 Å². The summed E-state index contributed by atoms with van der Waals surface area (Å²) in [5, 5.41) is 6.28. The van der Waals surface area contributed by atoms with Crippen molar-refractivity contribution in [2.75, 3.05) is 13.1 Å². The van der Waals surface area contributed by atoms with Crippen LogP contribution in [0.2, 0.25) is 0 Å². The maximum atomic E-state index is 13.1. The molecule has 2 N–H and O–H groups in total. The van der Waals surface area contributed by atoms with Crippen molar-refractivity contribution in [1.82, 2.24) is 10.6 Å². The van der Waals surface area contributed by atoms with E-state index in [1.807, 2.05) is 0 Å². The van der Waals surface area contributed by atoms with Gasteiger partial charge in [-0.25, -0.2) is 4.39 Å². The van der Waals surface area contributed by atoms with E-state index in [1.54, 1.807) is 13.0 Å². The van der Waals surface area contributed by atoms with Crippen molar-refractivity contribution >= 4 is 5.91 Å². The fraction of sp³-hybridized carbons (Fsp3) is 0.500. The fourth-order valence-corrected chi connectivity index (χ4v) is 2.22. The maximum absolute atomic E-state index is 13.1. The number of aryl methyl sites for hydroxylation is 1. The van der Waals surface area contributed by atoms with E-state index in [1.165, 1.54) is 12.1 Å². The predicted octanol–water partition coefficient (Wildman–Crippen LogP) is 1.86. The highest BCUT2D eigenvalue weighted by Crippen LogP contribution is 2.13. The third kappa shape index (κ3) is 2.88. The summed E-state index contributed by atoms with van der Waals surface area (Å²) in [4.78, 5) is 12.1. The normalized spacial score (nSPS) is 23.7. The summed E-state index contributed by atoms with van der Waals surface area (Å²) in [5.74, 6) is 0.0645. The highest BCUT2D eigenvalue weighted by Gasteiger charge is 2.23. The van der Waals surface area contributed by atoms with Crippen LogP contribution in [0.25, 0.3) is 0 Å². The molecule has 1 aliphatic rings. The summed E-state index contributed by atoms with van der Waals surface area (Å²) >= 11 is 0. The largest absolute Gasteiger partial charge is 0.348 e. The number of halogens is 1. The highest BCUT2D eigenvalue weighted by atomic mass is 19.1. The van der Waals surface area contributed by atoms with Crippen LogP contribution in [-0.4, -0.2) is 25.0 Å². The Kier molecular flexibility index (Phi) is 3.97. The molecule has 0 radical (unpaired) electrons. The Bertz CT molecular complexity index is 447. The molecule has 98 valence electrons. The number of benzene rings is 1. The summed E-state index contributed by atoms with van der Waals surface area (Å²) in [6, 6.07) is 4.60. The second-order valence-electron chi connectivity index (χ2n) is 5.01. The number of hydrogen-bond donors (Lipinski definition) is 2. The van der Waals surface area contributed by atoms with E-state index in [0.29, 0.717) is 17.0 Å². The van der Waals surface area contributed by atoms with Gasteiger partial charge < -0.3 is 10.6 Å². The first-order chi connectivity index (χ1) is 8.58. The molecule has 18 heavy (non-hydrogen) atoms. The maximum Gasteiger partial charge on any atom is 0.251 e. The zero-order valence-electron chi connectivity index (χ0n) is 10.8. The number of carbonyl (C=O) groups excluding carboxylic acids is 1. The van der Waals surface area contributed by atoms with Crippen molar-refractivity contribution in [1.29, 1.82) is 0 Å². The van der Waals surface area contributed by atoms with Crippen LogP contribution in [-0.2, 0) is 0 Å². The molecule has 0 saturated carbocycles. The van der Waals surface area contributed by atoms with E-state index in [4.69, 9.17) is 0 Å². The lowest BCUT2D eigenvalue weighted by atomic mass is 9.94. The molecule has 4 heteroatoms. The van der Waals surface area contributed by atoms with Gasteiger partial charge >= 0.3 is 0 Å². The summed E-state index contributed by atoms with van der Waals surface area (Å²) in [5.41, 5.74) is 1.02. The Balaban J connectivity index is 2.04. The number of carbonyl (C=O) groups is 1. The van der Waals surface area contributed by atoms with Gasteiger partial charge in [-0.1, -0.05) is 6.92 Å². The second-order valence-corrected chi connectivity index (χ2v) is 5.01. The molecule has 0 unspecified atom stereocenters. The van der Waals surface area contributed by atoms with Crippen LogP contribution in [0.15, 0.2) is 18.2 Å². The topological polar surface area (TPSA) is 41.1 Å². The van der Waals surface area contributed by atoms with Crippen molar-refractivity contribution in [2.24, 2.45) is 5.92 Å². The summed E-state index contributed by atoms with van der Waals surface area (Å²) in [6.07, 6.45) is 1.06. The van der Waals surface area contributed by atoms with Gasteiger partial charge in [0.2, 0.25) is 0 Å². The van der Waals surface area contributed by atoms with Crippen molar-refractivity contribution in [3.8, 4) is 0 Å². The standard InChI is InChI=1S/C14H19FN2O/c1-9-5-6-16-8-13(9)17-14(18)11-3-4-12(15)10(2)7-11/h3-4,7,9,13,16H,5-6,8H2,1-2H3,(H,17,18)/t9-,13+/m0/s1. The van der Waals surface area contributed by atoms with E-state index in [9.17, 15) is 9.18 Å². The third-order valence-corrected chi connectivity index (χ3v) is 3.56. The summed E-state index contributed by atoms with van der Waals surface area (Å²) in [6.45, 7) is 5.61.